The van der Waals surface area contributed by atoms with Gasteiger partial charge in [0.15, 0.2) is 0 Å². The molecule has 1 N–H and O–H groups in total. The highest BCUT2D eigenvalue weighted by Gasteiger charge is 2.47. The predicted octanol–water partition coefficient (Wildman–Crippen LogP) is 3.48. The summed E-state index contributed by atoms with van der Waals surface area (Å²) in [6, 6.07) is 15.2. The van der Waals surface area contributed by atoms with Gasteiger partial charge < -0.3 is 9.88 Å². The number of likely N-dealkylation sites (tertiary alicyclic amines) is 2. The molecule has 2 aliphatic rings. The van der Waals surface area contributed by atoms with Crippen LogP contribution in [0, 0.1) is 25.7 Å². The van der Waals surface area contributed by atoms with Gasteiger partial charge in [0.1, 0.15) is 5.82 Å². The molecule has 3 atom stereocenters. The molecule has 1 amide bonds. The third kappa shape index (κ3) is 3.23. The van der Waals surface area contributed by atoms with Crippen LogP contribution in [0.5, 0.6) is 0 Å². The zero-order valence-electron chi connectivity index (χ0n) is 17.4. The van der Waals surface area contributed by atoms with Crippen molar-refractivity contribution in [2.45, 2.75) is 26.3 Å². The SMILES string of the molecule is Cc1nc2ccc(CC(=O)N3C[C@@H]4CN(C)[C@H](c5ccccc5C)[C@@H]4C3)cc2[nH]1. The zero-order valence-corrected chi connectivity index (χ0v) is 17.4. The molecule has 0 saturated carbocycles. The van der Waals surface area contributed by atoms with Crippen LogP contribution in [0.1, 0.15) is 28.6 Å². The molecule has 150 valence electrons. The number of amides is 1. The van der Waals surface area contributed by atoms with E-state index in [0.717, 1.165) is 42.1 Å². The highest BCUT2D eigenvalue weighted by atomic mass is 16.2. The molecule has 2 aliphatic heterocycles. The van der Waals surface area contributed by atoms with Gasteiger partial charge in [0.25, 0.3) is 0 Å². The summed E-state index contributed by atoms with van der Waals surface area (Å²) in [6.45, 7) is 6.95. The number of rotatable bonds is 3. The molecule has 0 unspecified atom stereocenters. The number of aromatic amines is 1. The largest absolute Gasteiger partial charge is 0.342 e. The van der Waals surface area contributed by atoms with E-state index in [1.165, 1.54) is 11.1 Å². The first kappa shape index (κ1) is 18.4. The van der Waals surface area contributed by atoms with E-state index in [0.29, 0.717) is 24.3 Å². The Morgan fingerprint density at radius 2 is 1.97 bits per heavy atom. The molecule has 5 rings (SSSR count). The minimum atomic E-state index is 0.237. The number of fused-ring (bicyclic) bond motifs is 2. The van der Waals surface area contributed by atoms with Gasteiger partial charge in [0.2, 0.25) is 5.91 Å². The summed E-state index contributed by atoms with van der Waals surface area (Å²) in [5.41, 5.74) is 5.77. The van der Waals surface area contributed by atoms with Gasteiger partial charge in [-0.1, -0.05) is 30.3 Å². The molecule has 1 aromatic heterocycles. The fourth-order valence-electron chi connectivity index (χ4n) is 5.43. The smallest absolute Gasteiger partial charge is 0.227 e. The van der Waals surface area contributed by atoms with Gasteiger partial charge >= 0.3 is 0 Å². The summed E-state index contributed by atoms with van der Waals surface area (Å²) >= 11 is 0. The van der Waals surface area contributed by atoms with Crippen molar-refractivity contribution in [2.24, 2.45) is 11.8 Å². The van der Waals surface area contributed by atoms with Crippen LogP contribution >= 0.6 is 0 Å². The number of imidazole rings is 1. The zero-order chi connectivity index (χ0) is 20.1. The van der Waals surface area contributed by atoms with Crippen LogP contribution in [0.2, 0.25) is 0 Å². The van der Waals surface area contributed by atoms with Crippen molar-refractivity contribution in [3.05, 3.63) is 65.0 Å². The maximum absolute atomic E-state index is 13.1. The molecular formula is C24H28N4O. The first-order valence-corrected chi connectivity index (χ1v) is 10.5. The van der Waals surface area contributed by atoms with Gasteiger partial charge in [-0.3, -0.25) is 9.69 Å². The van der Waals surface area contributed by atoms with Gasteiger partial charge in [-0.05, 0) is 55.6 Å². The number of nitrogens with one attached hydrogen (secondary N) is 1. The van der Waals surface area contributed by atoms with Gasteiger partial charge in [0, 0.05) is 31.6 Å². The van der Waals surface area contributed by atoms with Crippen molar-refractivity contribution in [2.75, 3.05) is 26.7 Å². The quantitative estimate of drug-likeness (QED) is 0.747. The van der Waals surface area contributed by atoms with E-state index < -0.39 is 0 Å². The van der Waals surface area contributed by atoms with Crippen LogP contribution in [0.15, 0.2) is 42.5 Å². The Kier molecular flexibility index (Phi) is 4.43. The highest BCUT2D eigenvalue weighted by molar-refractivity contribution is 5.82. The molecule has 5 nitrogen and oxygen atoms in total. The van der Waals surface area contributed by atoms with E-state index in [-0.39, 0.29) is 5.91 Å². The van der Waals surface area contributed by atoms with E-state index in [4.69, 9.17) is 0 Å². The number of H-pyrrole nitrogens is 1. The molecule has 29 heavy (non-hydrogen) atoms. The van der Waals surface area contributed by atoms with Gasteiger partial charge in [-0.25, -0.2) is 4.98 Å². The lowest BCUT2D eigenvalue weighted by atomic mass is 9.88. The number of nitrogens with zero attached hydrogens (tertiary/aromatic N) is 3. The third-order valence-electron chi connectivity index (χ3n) is 6.77. The minimum absolute atomic E-state index is 0.237. The van der Waals surface area contributed by atoms with Crippen LogP contribution in [0.25, 0.3) is 11.0 Å². The van der Waals surface area contributed by atoms with Crippen LogP contribution in [0.3, 0.4) is 0 Å². The maximum Gasteiger partial charge on any atom is 0.227 e. The number of hydrogen-bond donors (Lipinski definition) is 1. The lowest BCUT2D eigenvalue weighted by molar-refractivity contribution is -0.129. The molecular weight excluding hydrogens is 360 g/mol. The number of carbonyl (C=O) groups is 1. The van der Waals surface area contributed by atoms with Crippen molar-refractivity contribution in [1.82, 2.24) is 19.8 Å². The molecule has 3 heterocycles. The molecule has 2 aromatic carbocycles. The van der Waals surface area contributed by atoms with Crippen molar-refractivity contribution >= 4 is 16.9 Å². The Bertz CT molecular complexity index is 1070. The summed E-state index contributed by atoms with van der Waals surface area (Å²) in [5, 5.41) is 0. The monoisotopic (exact) mass is 388 g/mol. The molecule has 2 saturated heterocycles. The fraction of sp³-hybridized carbons (Fsp3) is 0.417. The van der Waals surface area contributed by atoms with Crippen LogP contribution < -0.4 is 0 Å². The Labute approximate surface area is 171 Å². The molecule has 0 bridgehead atoms. The average Bonchev–Trinajstić information content (AvgIpc) is 3.33. The first-order valence-electron chi connectivity index (χ1n) is 10.5. The van der Waals surface area contributed by atoms with E-state index >= 15 is 0 Å². The van der Waals surface area contributed by atoms with Gasteiger partial charge in [-0.15, -0.1) is 0 Å². The second-order valence-electron chi connectivity index (χ2n) is 8.81. The van der Waals surface area contributed by atoms with Crippen molar-refractivity contribution in [3.8, 4) is 0 Å². The third-order valence-corrected chi connectivity index (χ3v) is 6.77. The van der Waals surface area contributed by atoms with E-state index in [2.05, 4.69) is 64.1 Å². The number of benzene rings is 2. The molecule has 0 spiro atoms. The Morgan fingerprint density at radius 1 is 1.14 bits per heavy atom. The fourth-order valence-corrected chi connectivity index (χ4v) is 5.43. The number of carbonyl (C=O) groups excluding carboxylic acids is 1. The molecule has 0 aliphatic carbocycles. The Morgan fingerprint density at radius 3 is 2.79 bits per heavy atom. The van der Waals surface area contributed by atoms with Gasteiger partial charge in [0.05, 0.1) is 17.5 Å². The maximum atomic E-state index is 13.1. The minimum Gasteiger partial charge on any atom is -0.342 e. The van der Waals surface area contributed by atoms with Gasteiger partial charge in [-0.2, -0.15) is 0 Å². The summed E-state index contributed by atoms with van der Waals surface area (Å²) in [7, 11) is 2.23. The van der Waals surface area contributed by atoms with E-state index in [1.807, 2.05) is 19.1 Å². The van der Waals surface area contributed by atoms with Crippen LogP contribution in [0.4, 0.5) is 0 Å². The molecule has 3 aromatic rings. The topological polar surface area (TPSA) is 52.2 Å². The van der Waals surface area contributed by atoms with Crippen molar-refractivity contribution in [3.63, 3.8) is 0 Å². The normalized spacial score (nSPS) is 24.4. The second kappa shape index (κ2) is 6.99. The number of aryl methyl sites for hydroxylation is 2. The van der Waals surface area contributed by atoms with E-state index in [9.17, 15) is 4.79 Å². The Hall–Kier alpha value is -2.66. The molecule has 5 heteroatoms. The van der Waals surface area contributed by atoms with E-state index in [1.54, 1.807) is 0 Å². The lowest BCUT2D eigenvalue weighted by Gasteiger charge is -2.28. The first-order chi connectivity index (χ1) is 14.0. The summed E-state index contributed by atoms with van der Waals surface area (Å²) in [5.74, 6) is 2.22. The summed E-state index contributed by atoms with van der Waals surface area (Å²) < 4.78 is 0. The molecule has 2 fully saturated rings. The van der Waals surface area contributed by atoms with Crippen molar-refractivity contribution < 1.29 is 4.79 Å². The molecule has 0 radical (unpaired) electrons. The van der Waals surface area contributed by atoms with Crippen LogP contribution in [-0.2, 0) is 11.2 Å². The average molecular weight is 389 g/mol. The lowest BCUT2D eigenvalue weighted by Crippen LogP contribution is -2.34. The highest BCUT2D eigenvalue weighted by Crippen LogP contribution is 2.44. The summed E-state index contributed by atoms with van der Waals surface area (Å²) in [6.07, 6.45) is 0.457. The predicted molar refractivity (Wildman–Crippen MR) is 115 cm³/mol. The Balaban J connectivity index is 1.32. The second-order valence-corrected chi connectivity index (χ2v) is 8.81. The number of aromatic nitrogens is 2. The number of hydrogen-bond acceptors (Lipinski definition) is 3. The van der Waals surface area contributed by atoms with Crippen LogP contribution in [-0.4, -0.2) is 52.4 Å². The van der Waals surface area contributed by atoms with Crippen molar-refractivity contribution in [1.29, 1.82) is 0 Å². The summed E-state index contributed by atoms with van der Waals surface area (Å²) in [4.78, 5) is 25.4. The standard InChI is InChI=1S/C24H28N4O/c1-15-6-4-5-7-19(15)24-20-14-28(13-18(20)12-27(24)3)23(29)11-17-8-9-21-22(10-17)26-16(2)25-21/h4-10,18,20,24H,11-14H2,1-3H3,(H,25,26)/t18-,20+,24+/m0/s1.